The Kier molecular flexibility index (Phi) is 5.86. The van der Waals surface area contributed by atoms with Crippen LogP contribution in [0.1, 0.15) is 24.2 Å². The number of fused-ring (bicyclic) bond motifs is 2. The predicted octanol–water partition coefficient (Wildman–Crippen LogP) is 4.06. The standard InChI is InChI=1S/C20H22IN3O/c1-3-24(4-2)12-11-22-20(25)16-9-5-7-14-13-15-8-6-10-17(21)19(15)23-18(14)16/h5-10,13H,3-4,11-12H2,1-2H3,(H,22,25)/i21-2. The molecule has 1 N–H and O–H groups in total. The van der Waals surface area contributed by atoms with E-state index in [-0.39, 0.29) is 5.91 Å². The Hall–Kier alpha value is -1.73. The number of likely N-dealkylation sites (N-methyl/N-ethyl adjacent to an activating group) is 1. The molecule has 25 heavy (non-hydrogen) atoms. The third-order valence-electron chi connectivity index (χ3n) is 4.47. The molecule has 130 valence electrons. The van der Waals surface area contributed by atoms with E-state index < -0.39 is 0 Å². The Labute approximate surface area is 161 Å². The second-order valence-electron chi connectivity index (χ2n) is 5.96. The van der Waals surface area contributed by atoms with Crippen LogP contribution in [-0.4, -0.2) is 42.0 Å². The highest BCUT2D eigenvalue weighted by molar-refractivity contribution is 14.1. The molecule has 4 nitrogen and oxygen atoms in total. The first-order chi connectivity index (χ1) is 12.1. The van der Waals surface area contributed by atoms with Crippen molar-refractivity contribution in [3.8, 4) is 0 Å². The molecule has 1 heterocycles. The number of carbonyl (C=O) groups excluding carboxylic acids is 1. The van der Waals surface area contributed by atoms with Gasteiger partial charge in [0.1, 0.15) is 0 Å². The van der Waals surface area contributed by atoms with Crippen molar-refractivity contribution in [2.75, 3.05) is 26.2 Å². The zero-order valence-corrected chi connectivity index (χ0v) is 16.7. The lowest BCUT2D eigenvalue weighted by molar-refractivity contribution is 0.0950. The molecule has 0 unspecified atom stereocenters. The number of benzene rings is 2. The quantitative estimate of drug-likeness (QED) is 0.460. The zero-order chi connectivity index (χ0) is 17.8. The molecule has 0 saturated heterocycles. The SMILES string of the molecule is CCN(CC)CCNC(=O)c1cccc2cc3cccc([125I])c3nc12. The molecule has 0 aliphatic carbocycles. The van der Waals surface area contributed by atoms with Crippen LogP contribution >= 0.6 is 22.6 Å². The van der Waals surface area contributed by atoms with Crippen LogP contribution in [0.15, 0.2) is 42.5 Å². The van der Waals surface area contributed by atoms with Gasteiger partial charge in [0.25, 0.3) is 5.91 Å². The minimum Gasteiger partial charge on any atom is -0.351 e. The van der Waals surface area contributed by atoms with Gasteiger partial charge in [-0.05, 0) is 53.9 Å². The van der Waals surface area contributed by atoms with E-state index in [2.05, 4.69) is 58.8 Å². The maximum Gasteiger partial charge on any atom is 0.253 e. The van der Waals surface area contributed by atoms with Gasteiger partial charge in [0.05, 0.1) is 16.6 Å². The normalized spacial score (nSPS) is 11.4. The van der Waals surface area contributed by atoms with E-state index in [4.69, 9.17) is 4.98 Å². The summed E-state index contributed by atoms with van der Waals surface area (Å²) >= 11 is 2.29. The lowest BCUT2D eigenvalue weighted by atomic mass is 10.1. The monoisotopic (exact) mass is 445 g/mol. The minimum atomic E-state index is -0.0597. The molecular formula is C20H22IN3O. The zero-order valence-electron chi connectivity index (χ0n) is 14.6. The first-order valence-electron chi connectivity index (χ1n) is 8.62. The highest BCUT2D eigenvalue weighted by Gasteiger charge is 2.13. The molecule has 1 amide bonds. The Balaban J connectivity index is 1.90. The van der Waals surface area contributed by atoms with Crippen molar-refractivity contribution >= 4 is 50.3 Å². The lowest BCUT2D eigenvalue weighted by Gasteiger charge is -2.18. The number of carbonyl (C=O) groups is 1. The van der Waals surface area contributed by atoms with E-state index in [1.165, 1.54) is 0 Å². The van der Waals surface area contributed by atoms with Crippen molar-refractivity contribution < 1.29 is 4.79 Å². The third-order valence-corrected chi connectivity index (χ3v) is 5.34. The predicted molar refractivity (Wildman–Crippen MR) is 112 cm³/mol. The summed E-state index contributed by atoms with van der Waals surface area (Å²) < 4.78 is 1.09. The van der Waals surface area contributed by atoms with Gasteiger partial charge in [0, 0.05) is 27.4 Å². The number of nitrogens with zero attached hydrogens (tertiary/aromatic N) is 2. The molecule has 0 saturated carbocycles. The smallest absolute Gasteiger partial charge is 0.253 e. The summed E-state index contributed by atoms with van der Waals surface area (Å²) in [6.45, 7) is 7.75. The molecule has 3 aromatic rings. The van der Waals surface area contributed by atoms with Crippen LogP contribution in [0, 0.1) is 3.57 Å². The average molecular weight is 445 g/mol. The Bertz CT molecular complexity index is 906. The van der Waals surface area contributed by atoms with Crippen molar-refractivity contribution in [3.63, 3.8) is 0 Å². The van der Waals surface area contributed by atoms with E-state index in [0.29, 0.717) is 12.1 Å². The Morgan fingerprint density at radius 1 is 1.08 bits per heavy atom. The molecular weight excluding hydrogens is 423 g/mol. The van der Waals surface area contributed by atoms with Gasteiger partial charge in [-0.15, -0.1) is 0 Å². The molecule has 3 rings (SSSR count). The highest BCUT2D eigenvalue weighted by Crippen LogP contribution is 2.25. The first-order valence-corrected chi connectivity index (χ1v) is 9.70. The second kappa shape index (κ2) is 8.10. The van der Waals surface area contributed by atoms with Crippen LogP contribution in [0.25, 0.3) is 21.8 Å². The molecule has 0 radical (unpaired) electrons. The van der Waals surface area contributed by atoms with Crippen LogP contribution in [0.3, 0.4) is 0 Å². The third kappa shape index (κ3) is 3.93. The van der Waals surface area contributed by atoms with Crippen LogP contribution in [0.2, 0.25) is 0 Å². The van der Waals surface area contributed by atoms with Gasteiger partial charge in [-0.3, -0.25) is 4.79 Å². The molecule has 0 bridgehead atoms. The van der Waals surface area contributed by atoms with Crippen molar-refractivity contribution in [1.29, 1.82) is 0 Å². The van der Waals surface area contributed by atoms with E-state index in [0.717, 1.165) is 45.0 Å². The number of hydrogen-bond donors (Lipinski definition) is 1. The number of pyridine rings is 1. The number of amides is 1. The fourth-order valence-corrected chi connectivity index (χ4v) is 3.63. The number of rotatable bonds is 6. The molecule has 0 spiro atoms. The topological polar surface area (TPSA) is 45.2 Å². The maximum absolute atomic E-state index is 12.7. The molecule has 0 aliphatic heterocycles. The van der Waals surface area contributed by atoms with E-state index >= 15 is 0 Å². The van der Waals surface area contributed by atoms with Gasteiger partial charge in [-0.2, -0.15) is 0 Å². The maximum atomic E-state index is 12.7. The molecule has 0 aliphatic rings. The first kappa shape index (κ1) is 18.1. The molecule has 1 aromatic heterocycles. The van der Waals surface area contributed by atoms with Gasteiger partial charge >= 0.3 is 0 Å². The Morgan fingerprint density at radius 3 is 2.48 bits per heavy atom. The molecule has 2 aromatic carbocycles. The van der Waals surface area contributed by atoms with Crippen LogP contribution < -0.4 is 5.32 Å². The van der Waals surface area contributed by atoms with Crippen molar-refractivity contribution in [3.05, 3.63) is 51.6 Å². The number of halogens is 1. The highest BCUT2D eigenvalue weighted by atomic mass is 125. The summed E-state index contributed by atoms with van der Waals surface area (Å²) in [5.41, 5.74) is 2.34. The van der Waals surface area contributed by atoms with Crippen molar-refractivity contribution in [1.82, 2.24) is 15.2 Å². The fraction of sp³-hybridized carbons (Fsp3) is 0.300. The van der Waals surface area contributed by atoms with Crippen molar-refractivity contribution in [2.45, 2.75) is 13.8 Å². The molecule has 0 atom stereocenters. The van der Waals surface area contributed by atoms with Gasteiger partial charge in [0.15, 0.2) is 0 Å². The van der Waals surface area contributed by atoms with Crippen LogP contribution in [0.5, 0.6) is 0 Å². The van der Waals surface area contributed by atoms with E-state index in [9.17, 15) is 4.79 Å². The van der Waals surface area contributed by atoms with E-state index in [1.807, 2.05) is 30.3 Å². The number of para-hydroxylation sites is 2. The summed E-state index contributed by atoms with van der Waals surface area (Å²) in [6.07, 6.45) is 0. The summed E-state index contributed by atoms with van der Waals surface area (Å²) in [5, 5.41) is 5.12. The van der Waals surface area contributed by atoms with Gasteiger partial charge in [-0.25, -0.2) is 4.98 Å². The van der Waals surface area contributed by atoms with Crippen LogP contribution in [0.4, 0.5) is 0 Å². The van der Waals surface area contributed by atoms with Gasteiger partial charge in [0.2, 0.25) is 0 Å². The van der Waals surface area contributed by atoms with Gasteiger partial charge in [-0.1, -0.05) is 38.1 Å². The number of aromatic nitrogens is 1. The van der Waals surface area contributed by atoms with Gasteiger partial charge < -0.3 is 10.2 Å². The molecule has 0 fully saturated rings. The minimum absolute atomic E-state index is 0.0597. The average Bonchev–Trinajstić information content (AvgIpc) is 2.63. The fourth-order valence-electron chi connectivity index (χ4n) is 2.99. The second-order valence-corrected chi connectivity index (χ2v) is 7.12. The van der Waals surface area contributed by atoms with Crippen molar-refractivity contribution in [2.24, 2.45) is 0 Å². The number of hydrogen-bond acceptors (Lipinski definition) is 3. The van der Waals surface area contributed by atoms with Crippen LogP contribution in [-0.2, 0) is 0 Å². The van der Waals surface area contributed by atoms with E-state index in [1.54, 1.807) is 0 Å². The lowest BCUT2D eigenvalue weighted by Crippen LogP contribution is -2.34. The summed E-state index contributed by atoms with van der Waals surface area (Å²) in [6, 6.07) is 14.0. The Morgan fingerprint density at radius 2 is 1.76 bits per heavy atom. The molecule has 5 heteroatoms. The summed E-state index contributed by atoms with van der Waals surface area (Å²) in [4.78, 5) is 19.8. The summed E-state index contributed by atoms with van der Waals surface area (Å²) in [5.74, 6) is -0.0597. The largest absolute Gasteiger partial charge is 0.351 e. The number of nitrogens with one attached hydrogen (secondary N) is 1. The summed E-state index contributed by atoms with van der Waals surface area (Å²) in [7, 11) is 0.